The van der Waals surface area contributed by atoms with Crippen LogP contribution in [0.3, 0.4) is 0 Å². The normalized spacial score (nSPS) is 22.5. The molecule has 0 bridgehead atoms. The summed E-state index contributed by atoms with van der Waals surface area (Å²) in [5.74, 6) is -0.0613. The van der Waals surface area contributed by atoms with Crippen LogP contribution in [0.1, 0.15) is 41.1 Å². The van der Waals surface area contributed by atoms with Gasteiger partial charge in [0.05, 0.1) is 5.56 Å². The van der Waals surface area contributed by atoms with Gasteiger partial charge in [-0.15, -0.1) is 0 Å². The Bertz CT molecular complexity index is 522. The molecule has 1 aromatic rings. The second-order valence-electron chi connectivity index (χ2n) is 5.47. The Labute approximate surface area is 112 Å². The first kappa shape index (κ1) is 12.2. The van der Waals surface area contributed by atoms with E-state index in [9.17, 15) is 9.59 Å². The molecule has 19 heavy (non-hydrogen) atoms. The highest BCUT2D eigenvalue weighted by molar-refractivity contribution is 5.87. The highest BCUT2D eigenvalue weighted by Crippen LogP contribution is 2.35. The Hall–Kier alpha value is -1.84. The largest absolute Gasteiger partial charge is 0.478 e. The number of carbonyl (C=O) groups is 2. The predicted molar refractivity (Wildman–Crippen MR) is 70.1 cm³/mol. The Morgan fingerprint density at radius 2 is 2.00 bits per heavy atom. The van der Waals surface area contributed by atoms with Crippen LogP contribution in [0.25, 0.3) is 0 Å². The van der Waals surface area contributed by atoms with E-state index in [0.29, 0.717) is 5.56 Å². The van der Waals surface area contributed by atoms with Gasteiger partial charge in [-0.25, -0.2) is 4.79 Å². The molecule has 100 valence electrons. The van der Waals surface area contributed by atoms with Crippen molar-refractivity contribution in [3.63, 3.8) is 0 Å². The first-order chi connectivity index (χ1) is 9.15. The average molecular weight is 259 g/mol. The van der Waals surface area contributed by atoms with Crippen LogP contribution < -0.4 is 0 Å². The van der Waals surface area contributed by atoms with E-state index in [-0.39, 0.29) is 17.7 Å². The van der Waals surface area contributed by atoms with E-state index in [0.717, 1.165) is 37.9 Å². The maximum Gasteiger partial charge on any atom is 0.335 e. The van der Waals surface area contributed by atoms with Gasteiger partial charge in [0.25, 0.3) is 0 Å². The summed E-state index contributed by atoms with van der Waals surface area (Å²) in [6.45, 7) is 1.54. The minimum atomic E-state index is -0.897. The minimum Gasteiger partial charge on any atom is -0.478 e. The monoisotopic (exact) mass is 259 g/mol. The fourth-order valence-electron chi connectivity index (χ4n) is 2.75. The van der Waals surface area contributed by atoms with Gasteiger partial charge in [-0.05, 0) is 37.0 Å². The van der Waals surface area contributed by atoms with Crippen LogP contribution in [0, 0.1) is 5.92 Å². The van der Waals surface area contributed by atoms with E-state index < -0.39 is 5.97 Å². The summed E-state index contributed by atoms with van der Waals surface area (Å²) < 4.78 is 0. The molecule has 3 rings (SSSR count). The first-order valence-corrected chi connectivity index (χ1v) is 6.77. The number of aromatic carboxylic acids is 1. The van der Waals surface area contributed by atoms with Crippen molar-refractivity contribution in [3.05, 3.63) is 35.4 Å². The fraction of sp³-hybridized carbons (Fsp3) is 0.467. The number of amides is 1. The fourth-order valence-corrected chi connectivity index (χ4v) is 2.75. The van der Waals surface area contributed by atoms with E-state index in [2.05, 4.69) is 0 Å². The molecule has 0 spiro atoms. The van der Waals surface area contributed by atoms with E-state index in [1.807, 2.05) is 11.0 Å². The van der Waals surface area contributed by atoms with Crippen LogP contribution >= 0.6 is 0 Å². The molecule has 0 aromatic heterocycles. The number of hydrogen-bond donors (Lipinski definition) is 1. The van der Waals surface area contributed by atoms with E-state index in [1.165, 1.54) is 0 Å². The summed E-state index contributed by atoms with van der Waals surface area (Å²) in [6.07, 6.45) is 3.00. The number of rotatable bonds is 3. The van der Waals surface area contributed by atoms with Gasteiger partial charge in [0.1, 0.15) is 0 Å². The van der Waals surface area contributed by atoms with E-state index in [4.69, 9.17) is 5.11 Å². The number of nitrogens with zero attached hydrogens (tertiary/aromatic N) is 1. The van der Waals surface area contributed by atoms with Crippen molar-refractivity contribution in [2.24, 2.45) is 5.92 Å². The highest BCUT2D eigenvalue weighted by Gasteiger charge is 2.36. The van der Waals surface area contributed by atoms with Crippen LogP contribution in [0.5, 0.6) is 0 Å². The number of carboxylic acid groups (broad SMARTS) is 1. The summed E-state index contributed by atoms with van der Waals surface area (Å²) in [7, 11) is 0. The zero-order chi connectivity index (χ0) is 13.4. The Balaban J connectivity index is 1.71. The molecule has 4 heteroatoms. The zero-order valence-corrected chi connectivity index (χ0v) is 10.7. The number of hydrogen-bond acceptors (Lipinski definition) is 2. The molecular weight excluding hydrogens is 242 g/mol. The van der Waals surface area contributed by atoms with Crippen LogP contribution in [-0.4, -0.2) is 35.0 Å². The quantitative estimate of drug-likeness (QED) is 0.904. The number of carbonyl (C=O) groups excluding carboxylic acids is 1. The maximum atomic E-state index is 12.0. The molecule has 1 atom stereocenters. The topological polar surface area (TPSA) is 57.6 Å². The molecule has 1 aliphatic heterocycles. The molecule has 1 amide bonds. The van der Waals surface area contributed by atoms with Gasteiger partial charge >= 0.3 is 5.97 Å². The molecule has 4 nitrogen and oxygen atoms in total. The average Bonchev–Trinajstić information content (AvgIpc) is 3.15. The third-order valence-electron chi connectivity index (χ3n) is 4.03. The highest BCUT2D eigenvalue weighted by atomic mass is 16.4. The molecule has 1 aliphatic carbocycles. The van der Waals surface area contributed by atoms with E-state index >= 15 is 0 Å². The third kappa shape index (κ3) is 2.48. The summed E-state index contributed by atoms with van der Waals surface area (Å²) in [5.41, 5.74) is 1.36. The molecule has 2 fully saturated rings. The van der Waals surface area contributed by atoms with Crippen LogP contribution in [-0.2, 0) is 4.79 Å². The Kier molecular flexibility index (Phi) is 3.01. The number of likely N-dealkylation sites (tertiary alicyclic amines) is 1. The lowest BCUT2D eigenvalue weighted by Gasteiger charge is -2.16. The van der Waals surface area contributed by atoms with Gasteiger partial charge in [-0.3, -0.25) is 4.79 Å². The standard InChI is InChI=1S/C15H17NO3/c17-14(10-4-5-10)16-7-6-13(9-16)11-2-1-3-12(8-11)15(18)19/h1-3,8,10,13H,4-7,9H2,(H,18,19). The third-order valence-corrected chi connectivity index (χ3v) is 4.03. The smallest absolute Gasteiger partial charge is 0.335 e. The van der Waals surface area contributed by atoms with Crippen molar-refractivity contribution in [2.75, 3.05) is 13.1 Å². The van der Waals surface area contributed by atoms with Crippen LogP contribution in [0.2, 0.25) is 0 Å². The van der Waals surface area contributed by atoms with Gasteiger partial charge in [-0.2, -0.15) is 0 Å². The van der Waals surface area contributed by atoms with Gasteiger partial charge in [0.15, 0.2) is 0 Å². The predicted octanol–water partition coefficient (Wildman–Crippen LogP) is 2.11. The van der Waals surface area contributed by atoms with E-state index in [1.54, 1.807) is 18.2 Å². The lowest BCUT2D eigenvalue weighted by molar-refractivity contribution is -0.131. The lowest BCUT2D eigenvalue weighted by Crippen LogP contribution is -2.29. The van der Waals surface area contributed by atoms with Crippen molar-refractivity contribution in [1.29, 1.82) is 0 Å². The molecular formula is C15H17NO3. The summed E-state index contributed by atoms with van der Waals surface area (Å²) in [4.78, 5) is 24.9. The van der Waals surface area contributed by atoms with Gasteiger partial charge in [0.2, 0.25) is 5.91 Å². The van der Waals surface area contributed by atoms with Crippen molar-refractivity contribution in [1.82, 2.24) is 4.90 Å². The minimum absolute atomic E-state index is 0.268. The number of benzene rings is 1. The molecule has 0 radical (unpaired) electrons. The molecule has 1 heterocycles. The molecule has 1 aromatic carbocycles. The van der Waals surface area contributed by atoms with Gasteiger partial charge in [-0.1, -0.05) is 12.1 Å². The summed E-state index contributed by atoms with van der Waals surface area (Å²) in [6, 6.07) is 7.08. The van der Waals surface area contributed by atoms with Gasteiger partial charge < -0.3 is 10.0 Å². The SMILES string of the molecule is O=C(O)c1cccc(C2CCN(C(=O)C3CC3)C2)c1. The van der Waals surface area contributed by atoms with Crippen LogP contribution in [0.15, 0.2) is 24.3 Å². The molecule has 1 unspecified atom stereocenters. The molecule has 2 aliphatic rings. The summed E-state index contributed by atoms with van der Waals surface area (Å²) >= 11 is 0. The second-order valence-corrected chi connectivity index (χ2v) is 5.47. The van der Waals surface area contributed by atoms with Crippen molar-refractivity contribution < 1.29 is 14.7 Å². The van der Waals surface area contributed by atoms with Crippen LogP contribution in [0.4, 0.5) is 0 Å². The number of carboxylic acids is 1. The summed E-state index contributed by atoms with van der Waals surface area (Å²) in [5, 5.41) is 9.01. The zero-order valence-electron chi connectivity index (χ0n) is 10.7. The first-order valence-electron chi connectivity index (χ1n) is 6.77. The molecule has 1 saturated carbocycles. The molecule has 1 N–H and O–H groups in total. The second kappa shape index (κ2) is 4.68. The Morgan fingerprint density at radius 1 is 1.21 bits per heavy atom. The molecule has 1 saturated heterocycles. The Morgan fingerprint density at radius 3 is 2.68 bits per heavy atom. The van der Waals surface area contributed by atoms with Crippen molar-refractivity contribution in [3.8, 4) is 0 Å². The van der Waals surface area contributed by atoms with Crippen molar-refractivity contribution in [2.45, 2.75) is 25.2 Å². The van der Waals surface area contributed by atoms with Gasteiger partial charge in [0, 0.05) is 24.9 Å². The lowest BCUT2D eigenvalue weighted by atomic mass is 9.97. The van der Waals surface area contributed by atoms with Crippen molar-refractivity contribution >= 4 is 11.9 Å². The maximum absolute atomic E-state index is 12.0.